The maximum atomic E-state index is 13.3. The van der Waals surface area contributed by atoms with Gasteiger partial charge in [0.2, 0.25) is 5.91 Å². The summed E-state index contributed by atoms with van der Waals surface area (Å²) in [5, 5.41) is 0.194. The molecule has 110 valence electrons. The Kier molecular flexibility index (Phi) is 3.45. The van der Waals surface area contributed by atoms with E-state index in [1.807, 2.05) is 6.92 Å². The Balaban J connectivity index is 1.92. The summed E-state index contributed by atoms with van der Waals surface area (Å²) in [6, 6.07) is 4.08. The third kappa shape index (κ3) is 2.53. The molecular weight excluding hydrogens is 273 g/mol. The molecule has 1 aromatic carbocycles. The van der Waals surface area contributed by atoms with E-state index in [2.05, 4.69) is 4.98 Å². The van der Waals surface area contributed by atoms with E-state index in [1.165, 1.54) is 23.0 Å². The molecule has 6 heteroatoms. The van der Waals surface area contributed by atoms with Gasteiger partial charge in [0.25, 0.3) is 5.56 Å². The zero-order valence-corrected chi connectivity index (χ0v) is 11.8. The number of halogens is 1. The second kappa shape index (κ2) is 5.27. The van der Waals surface area contributed by atoms with Crippen LogP contribution in [0.15, 0.2) is 29.3 Å². The van der Waals surface area contributed by atoms with E-state index in [0.717, 1.165) is 25.5 Å². The maximum absolute atomic E-state index is 13.3. The average Bonchev–Trinajstić information content (AvgIpc) is 2.89. The summed E-state index contributed by atoms with van der Waals surface area (Å²) in [7, 11) is 0. The van der Waals surface area contributed by atoms with Crippen LogP contribution in [-0.4, -0.2) is 32.9 Å². The predicted molar refractivity (Wildman–Crippen MR) is 76.4 cm³/mol. The van der Waals surface area contributed by atoms with Crippen molar-refractivity contribution in [2.75, 3.05) is 6.54 Å². The molecule has 21 heavy (non-hydrogen) atoms. The fraction of sp³-hybridized carbons (Fsp3) is 0.400. The summed E-state index contributed by atoms with van der Waals surface area (Å²) in [6.07, 6.45) is 3.33. The van der Waals surface area contributed by atoms with Crippen LogP contribution in [0, 0.1) is 5.82 Å². The van der Waals surface area contributed by atoms with Gasteiger partial charge in [0.15, 0.2) is 0 Å². The van der Waals surface area contributed by atoms with Gasteiger partial charge in [-0.3, -0.25) is 14.2 Å². The molecule has 0 spiro atoms. The smallest absolute Gasteiger partial charge is 0.261 e. The Hall–Kier alpha value is -2.24. The SMILES string of the molecule is CC1CCCN1C(=O)Cn1cnc2ccc(F)cc2c1=O. The van der Waals surface area contributed by atoms with Crippen molar-refractivity contribution in [3.63, 3.8) is 0 Å². The first-order valence-electron chi connectivity index (χ1n) is 7.00. The van der Waals surface area contributed by atoms with Gasteiger partial charge in [-0.15, -0.1) is 0 Å². The normalized spacial score (nSPS) is 18.4. The minimum atomic E-state index is -0.487. The minimum Gasteiger partial charge on any atom is -0.338 e. The van der Waals surface area contributed by atoms with E-state index < -0.39 is 5.82 Å². The Morgan fingerprint density at radius 1 is 1.48 bits per heavy atom. The minimum absolute atomic E-state index is 0.0529. The highest BCUT2D eigenvalue weighted by molar-refractivity contribution is 5.79. The number of amides is 1. The van der Waals surface area contributed by atoms with E-state index in [9.17, 15) is 14.0 Å². The van der Waals surface area contributed by atoms with Gasteiger partial charge in [-0.05, 0) is 38.0 Å². The number of carbonyl (C=O) groups is 1. The number of hydrogen-bond donors (Lipinski definition) is 0. The summed E-state index contributed by atoms with van der Waals surface area (Å²) < 4.78 is 14.5. The summed E-state index contributed by atoms with van der Waals surface area (Å²) >= 11 is 0. The predicted octanol–water partition coefficient (Wildman–Crippen LogP) is 1.55. The first-order valence-corrected chi connectivity index (χ1v) is 7.00. The summed E-state index contributed by atoms with van der Waals surface area (Å²) in [5.74, 6) is -0.585. The maximum Gasteiger partial charge on any atom is 0.261 e. The van der Waals surface area contributed by atoms with E-state index in [0.29, 0.717) is 5.52 Å². The molecule has 1 amide bonds. The third-order valence-corrected chi connectivity index (χ3v) is 3.96. The van der Waals surface area contributed by atoms with Crippen molar-refractivity contribution in [2.45, 2.75) is 32.4 Å². The Morgan fingerprint density at radius 2 is 2.29 bits per heavy atom. The molecule has 1 atom stereocenters. The highest BCUT2D eigenvalue weighted by atomic mass is 19.1. The second-order valence-corrected chi connectivity index (χ2v) is 5.42. The lowest BCUT2D eigenvalue weighted by molar-refractivity contribution is -0.132. The van der Waals surface area contributed by atoms with Gasteiger partial charge in [0.05, 0.1) is 17.2 Å². The first kappa shape index (κ1) is 13.7. The van der Waals surface area contributed by atoms with Gasteiger partial charge in [-0.25, -0.2) is 9.37 Å². The molecular formula is C15H16FN3O2. The molecule has 0 saturated carbocycles. The zero-order chi connectivity index (χ0) is 15.0. The average molecular weight is 289 g/mol. The van der Waals surface area contributed by atoms with E-state index >= 15 is 0 Å². The van der Waals surface area contributed by atoms with Crippen LogP contribution in [0.5, 0.6) is 0 Å². The monoisotopic (exact) mass is 289 g/mol. The quantitative estimate of drug-likeness (QED) is 0.843. The number of likely N-dealkylation sites (tertiary alicyclic amines) is 1. The van der Waals surface area contributed by atoms with Crippen LogP contribution in [0.1, 0.15) is 19.8 Å². The standard InChI is InChI=1S/C15H16FN3O2/c1-10-3-2-6-19(10)14(20)8-18-9-17-13-5-4-11(16)7-12(13)15(18)21/h4-5,7,9-10H,2-3,6,8H2,1H3. The molecule has 1 aromatic heterocycles. The van der Waals surface area contributed by atoms with Crippen LogP contribution in [0.2, 0.25) is 0 Å². The van der Waals surface area contributed by atoms with Crippen molar-refractivity contribution in [2.24, 2.45) is 0 Å². The lowest BCUT2D eigenvalue weighted by Gasteiger charge is -2.21. The fourth-order valence-electron chi connectivity index (χ4n) is 2.78. The molecule has 1 aliphatic rings. The van der Waals surface area contributed by atoms with Gasteiger partial charge < -0.3 is 4.90 Å². The van der Waals surface area contributed by atoms with Crippen molar-refractivity contribution in [3.8, 4) is 0 Å². The summed E-state index contributed by atoms with van der Waals surface area (Å²) in [6.45, 7) is 2.68. The Bertz CT molecular complexity index is 756. The zero-order valence-electron chi connectivity index (χ0n) is 11.8. The number of hydrogen-bond acceptors (Lipinski definition) is 3. The highest BCUT2D eigenvalue weighted by Gasteiger charge is 2.25. The molecule has 1 saturated heterocycles. The molecule has 5 nitrogen and oxygen atoms in total. The van der Waals surface area contributed by atoms with Crippen molar-refractivity contribution in [3.05, 3.63) is 40.7 Å². The molecule has 0 N–H and O–H groups in total. The van der Waals surface area contributed by atoms with E-state index in [1.54, 1.807) is 4.90 Å². The topological polar surface area (TPSA) is 55.2 Å². The molecule has 0 aliphatic carbocycles. The number of fused-ring (bicyclic) bond motifs is 1. The van der Waals surface area contributed by atoms with Crippen molar-refractivity contribution < 1.29 is 9.18 Å². The molecule has 1 unspecified atom stereocenters. The molecule has 0 radical (unpaired) electrons. The van der Waals surface area contributed by atoms with Crippen LogP contribution in [0.4, 0.5) is 4.39 Å². The molecule has 2 aromatic rings. The summed E-state index contributed by atoms with van der Waals surface area (Å²) in [4.78, 5) is 30.4. The molecule has 0 bridgehead atoms. The number of carbonyl (C=O) groups excluding carboxylic acids is 1. The molecule has 2 heterocycles. The number of aromatic nitrogens is 2. The molecule has 1 fully saturated rings. The molecule has 1 aliphatic heterocycles. The second-order valence-electron chi connectivity index (χ2n) is 5.42. The van der Waals surface area contributed by atoms with Gasteiger partial charge >= 0.3 is 0 Å². The fourth-order valence-corrected chi connectivity index (χ4v) is 2.78. The lowest BCUT2D eigenvalue weighted by Crippen LogP contribution is -2.38. The van der Waals surface area contributed by atoms with Crippen molar-refractivity contribution >= 4 is 16.8 Å². The van der Waals surface area contributed by atoms with Gasteiger partial charge in [0, 0.05) is 12.6 Å². The largest absolute Gasteiger partial charge is 0.338 e. The lowest BCUT2D eigenvalue weighted by atomic mass is 10.2. The number of nitrogens with zero attached hydrogens (tertiary/aromatic N) is 3. The van der Waals surface area contributed by atoms with E-state index in [4.69, 9.17) is 0 Å². The summed E-state index contributed by atoms with van der Waals surface area (Å²) in [5.41, 5.74) is 0.0411. The highest BCUT2D eigenvalue weighted by Crippen LogP contribution is 2.16. The molecule has 3 rings (SSSR count). The van der Waals surface area contributed by atoms with Gasteiger partial charge in [0.1, 0.15) is 12.4 Å². The van der Waals surface area contributed by atoms with Crippen LogP contribution in [0.25, 0.3) is 10.9 Å². The van der Waals surface area contributed by atoms with Crippen LogP contribution >= 0.6 is 0 Å². The number of rotatable bonds is 2. The van der Waals surface area contributed by atoms with Crippen molar-refractivity contribution in [1.29, 1.82) is 0 Å². The first-order chi connectivity index (χ1) is 10.1. The Morgan fingerprint density at radius 3 is 3.00 bits per heavy atom. The van der Waals surface area contributed by atoms with Gasteiger partial charge in [-0.2, -0.15) is 0 Å². The van der Waals surface area contributed by atoms with E-state index in [-0.39, 0.29) is 29.4 Å². The van der Waals surface area contributed by atoms with Gasteiger partial charge in [-0.1, -0.05) is 0 Å². The Labute approximate surface area is 121 Å². The van der Waals surface area contributed by atoms with Crippen LogP contribution in [0.3, 0.4) is 0 Å². The number of benzene rings is 1. The van der Waals surface area contributed by atoms with Crippen molar-refractivity contribution in [1.82, 2.24) is 14.5 Å². The van der Waals surface area contributed by atoms with Crippen LogP contribution < -0.4 is 5.56 Å². The third-order valence-electron chi connectivity index (χ3n) is 3.96. The van der Waals surface area contributed by atoms with Crippen LogP contribution in [-0.2, 0) is 11.3 Å².